The first kappa shape index (κ1) is 24.1. The lowest BCUT2D eigenvalue weighted by molar-refractivity contribution is -0.150. The molecule has 2 amide bonds. The molecule has 4 N–H and O–H groups in total. The molecule has 1 aromatic heterocycles. The van der Waals surface area contributed by atoms with Gasteiger partial charge in [0, 0.05) is 16.9 Å². The highest BCUT2D eigenvalue weighted by atomic mass is 35.5. The number of halogens is 1. The summed E-state index contributed by atoms with van der Waals surface area (Å²) < 4.78 is 0. The van der Waals surface area contributed by atoms with Crippen LogP contribution in [0.5, 0.6) is 0 Å². The summed E-state index contributed by atoms with van der Waals surface area (Å²) in [6.45, 7) is 3.61. The zero-order valence-corrected chi connectivity index (χ0v) is 18.8. The smallest absolute Gasteiger partial charge is 0.352 e. The number of aliphatic carboxylic acids is 1. The van der Waals surface area contributed by atoms with Gasteiger partial charge in [-0.05, 0) is 11.0 Å². The number of aromatic nitrogens is 1. The molecule has 0 aromatic carbocycles. The quantitative estimate of drug-likeness (QED) is 0.276. The summed E-state index contributed by atoms with van der Waals surface area (Å²) in [5.74, 6) is -1.46. The molecule has 1 saturated heterocycles. The second-order valence-electron chi connectivity index (χ2n) is 5.79. The van der Waals surface area contributed by atoms with Gasteiger partial charge in [0.05, 0.1) is 0 Å². The van der Waals surface area contributed by atoms with Crippen molar-refractivity contribution in [2.75, 3.05) is 24.3 Å². The van der Waals surface area contributed by atoms with Crippen LogP contribution in [0.15, 0.2) is 33.8 Å². The number of hydrogen-bond acceptors (Lipinski definition) is 10. The van der Waals surface area contributed by atoms with E-state index >= 15 is 0 Å². The van der Waals surface area contributed by atoms with Gasteiger partial charge in [-0.2, -0.15) is 0 Å². The zero-order chi connectivity index (χ0) is 21.1. The highest BCUT2D eigenvalue weighted by Gasteiger charge is 2.54. The van der Waals surface area contributed by atoms with Crippen molar-refractivity contribution in [3.8, 4) is 0 Å². The fourth-order valence-electron chi connectivity index (χ4n) is 2.86. The van der Waals surface area contributed by atoms with Gasteiger partial charge >= 0.3 is 5.97 Å². The summed E-state index contributed by atoms with van der Waals surface area (Å²) in [4.78, 5) is 47.0. The van der Waals surface area contributed by atoms with Crippen LogP contribution in [-0.4, -0.2) is 68.5 Å². The molecular formula is C16H18ClN5O5S3. The molecule has 162 valence electrons. The molecule has 1 fully saturated rings. The molecule has 1 unspecified atom stereocenters. The van der Waals surface area contributed by atoms with E-state index < -0.39 is 29.2 Å². The molecule has 0 spiro atoms. The molecule has 2 aliphatic heterocycles. The first-order chi connectivity index (χ1) is 13.9. The Bertz CT molecular complexity index is 934. The number of β-lactam (4-membered cyclic amide) rings is 1. The Hall–Kier alpha value is -2.22. The van der Waals surface area contributed by atoms with Crippen LogP contribution in [0.4, 0.5) is 5.13 Å². The van der Waals surface area contributed by atoms with Gasteiger partial charge < -0.3 is 21.0 Å². The number of hydrogen-bond donors (Lipinski definition) is 3. The number of rotatable bonds is 8. The van der Waals surface area contributed by atoms with Gasteiger partial charge in [-0.15, -0.1) is 47.3 Å². The Morgan fingerprint density at radius 1 is 1.60 bits per heavy atom. The average Bonchev–Trinajstić information content (AvgIpc) is 3.13. The van der Waals surface area contributed by atoms with Crippen LogP contribution < -0.4 is 11.1 Å². The molecule has 30 heavy (non-hydrogen) atoms. The lowest BCUT2D eigenvalue weighted by atomic mass is 10.0. The largest absolute Gasteiger partial charge is 0.477 e. The fraction of sp³-hybridized carbons (Fsp3) is 0.312. The number of fused-ring (bicyclic) bond motifs is 1. The van der Waals surface area contributed by atoms with Gasteiger partial charge in [-0.25, -0.2) is 9.78 Å². The molecule has 0 radical (unpaired) electrons. The average molecular weight is 492 g/mol. The number of nitrogens with zero attached hydrogens (tertiary/aromatic N) is 3. The molecule has 0 saturated carbocycles. The van der Waals surface area contributed by atoms with Crippen LogP contribution in [0, 0.1) is 0 Å². The number of thioether (sulfide) groups is 2. The van der Waals surface area contributed by atoms with E-state index in [0.717, 1.165) is 11.3 Å². The Morgan fingerprint density at radius 2 is 2.33 bits per heavy atom. The van der Waals surface area contributed by atoms with Crippen molar-refractivity contribution in [2.45, 2.75) is 11.4 Å². The Balaban J connectivity index is 0.00000320. The van der Waals surface area contributed by atoms with Crippen molar-refractivity contribution >= 4 is 75.9 Å². The van der Waals surface area contributed by atoms with E-state index in [9.17, 15) is 19.5 Å². The molecule has 14 heteroatoms. The van der Waals surface area contributed by atoms with E-state index in [2.05, 4.69) is 22.0 Å². The first-order valence-electron chi connectivity index (χ1n) is 8.15. The number of nitrogens with one attached hydrogen (secondary N) is 1. The molecule has 3 heterocycles. The number of nitrogen functional groups attached to an aromatic ring is 1. The van der Waals surface area contributed by atoms with E-state index in [0.29, 0.717) is 17.1 Å². The van der Waals surface area contributed by atoms with Crippen molar-refractivity contribution in [3.05, 3.63) is 34.3 Å². The van der Waals surface area contributed by atoms with Gasteiger partial charge in [0.15, 0.2) is 10.8 Å². The minimum atomic E-state index is -1.17. The van der Waals surface area contributed by atoms with Crippen LogP contribution in [0.3, 0.4) is 0 Å². The third kappa shape index (κ3) is 4.58. The summed E-state index contributed by atoms with van der Waals surface area (Å²) in [5.41, 5.74) is 6.31. The van der Waals surface area contributed by atoms with Crippen molar-refractivity contribution in [1.29, 1.82) is 0 Å². The number of nitrogens with two attached hydrogens (primary N) is 1. The SMILES string of the molecule is C=CSCC1=C(C(=O)O)N2C(=O)C(NC(=O)C(=NOC)c3csc(N)n3)[C@@H]2SC1.Cl. The van der Waals surface area contributed by atoms with Crippen LogP contribution >= 0.6 is 47.3 Å². The second-order valence-corrected chi connectivity index (χ2v) is 8.74. The first-order valence-corrected chi connectivity index (χ1v) is 11.1. The lowest BCUT2D eigenvalue weighted by Gasteiger charge is -2.49. The summed E-state index contributed by atoms with van der Waals surface area (Å²) in [6.07, 6.45) is 0. The molecule has 1 aromatic rings. The molecule has 3 rings (SSSR count). The number of anilines is 1. The number of carboxylic acid groups (broad SMARTS) is 1. The number of oxime groups is 1. The summed E-state index contributed by atoms with van der Waals surface area (Å²) in [5, 5.41) is 18.8. The van der Waals surface area contributed by atoms with Crippen molar-refractivity contribution in [2.24, 2.45) is 5.16 Å². The normalized spacial score (nSPS) is 20.6. The lowest BCUT2D eigenvalue weighted by Crippen LogP contribution is -2.71. The third-order valence-electron chi connectivity index (χ3n) is 4.07. The Morgan fingerprint density at radius 3 is 2.90 bits per heavy atom. The Kier molecular flexibility index (Phi) is 8.18. The van der Waals surface area contributed by atoms with Gasteiger partial charge in [-0.3, -0.25) is 14.5 Å². The van der Waals surface area contributed by atoms with Crippen LogP contribution in [-0.2, 0) is 19.2 Å². The standard InChI is InChI=1S/C16H17N5O5S3.ClH/c1-3-27-4-7-5-28-14-10(13(23)21(14)11(7)15(24)25)19-12(22)9(20-26-2)8-6-29-16(17)18-8;/h3,6,10,14H,1,4-5H2,2H3,(H2,17,18)(H,19,22)(H,24,25);1H/t10?,14-;/m0./s1. The van der Waals surface area contributed by atoms with E-state index in [4.69, 9.17) is 10.6 Å². The number of carboxylic acids is 1. The highest BCUT2D eigenvalue weighted by molar-refractivity contribution is 8.02. The molecule has 2 atom stereocenters. The predicted molar refractivity (Wildman–Crippen MR) is 120 cm³/mol. The summed E-state index contributed by atoms with van der Waals surface area (Å²) in [7, 11) is 1.28. The van der Waals surface area contributed by atoms with E-state index in [1.807, 2.05) is 0 Å². The summed E-state index contributed by atoms with van der Waals surface area (Å²) in [6, 6.07) is -0.881. The monoisotopic (exact) mass is 491 g/mol. The second kappa shape index (κ2) is 10.2. The van der Waals surface area contributed by atoms with Crippen LogP contribution in [0.1, 0.15) is 5.69 Å². The number of carbonyl (C=O) groups is 3. The highest BCUT2D eigenvalue weighted by Crippen LogP contribution is 2.41. The van der Waals surface area contributed by atoms with Crippen molar-refractivity contribution in [3.63, 3.8) is 0 Å². The van der Waals surface area contributed by atoms with E-state index in [1.54, 1.807) is 10.8 Å². The molecule has 10 nitrogen and oxygen atoms in total. The molecular weight excluding hydrogens is 474 g/mol. The van der Waals surface area contributed by atoms with Gasteiger partial charge in [-0.1, -0.05) is 11.7 Å². The summed E-state index contributed by atoms with van der Waals surface area (Å²) >= 11 is 3.88. The number of carbonyl (C=O) groups excluding carboxylic acids is 2. The van der Waals surface area contributed by atoms with Crippen molar-refractivity contribution in [1.82, 2.24) is 15.2 Å². The van der Waals surface area contributed by atoms with Crippen molar-refractivity contribution < 1.29 is 24.3 Å². The molecule has 0 aliphatic carbocycles. The Labute approximate surface area is 190 Å². The molecule has 2 aliphatic rings. The van der Waals surface area contributed by atoms with E-state index in [1.165, 1.54) is 35.5 Å². The van der Waals surface area contributed by atoms with E-state index in [-0.39, 0.29) is 34.6 Å². The van der Waals surface area contributed by atoms with Gasteiger partial charge in [0.25, 0.3) is 11.8 Å². The third-order valence-corrected chi connectivity index (χ3v) is 6.84. The topological polar surface area (TPSA) is 147 Å². The maximum absolute atomic E-state index is 12.7. The maximum atomic E-state index is 12.7. The number of thiazole rings is 1. The van der Waals surface area contributed by atoms with Crippen LogP contribution in [0.2, 0.25) is 0 Å². The predicted octanol–water partition coefficient (Wildman–Crippen LogP) is 1.11. The fourth-order valence-corrected chi connectivity index (χ4v) is 5.44. The van der Waals surface area contributed by atoms with Crippen LogP contribution in [0.25, 0.3) is 0 Å². The maximum Gasteiger partial charge on any atom is 0.352 e. The zero-order valence-electron chi connectivity index (χ0n) is 15.6. The minimum Gasteiger partial charge on any atom is -0.477 e. The van der Waals surface area contributed by atoms with Gasteiger partial charge in [0.2, 0.25) is 0 Å². The minimum absolute atomic E-state index is 0. The van der Waals surface area contributed by atoms with Gasteiger partial charge in [0.1, 0.15) is 29.9 Å². The number of amides is 2. The molecule has 0 bridgehead atoms.